The molecule has 3 aliphatic carbocycles. The van der Waals surface area contributed by atoms with Gasteiger partial charge in [-0.2, -0.15) is 0 Å². The number of nitrogens with one attached hydrogen (secondary N) is 2. The van der Waals surface area contributed by atoms with E-state index in [9.17, 15) is 24.0 Å². The highest BCUT2D eigenvalue weighted by molar-refractivity contribution is 8.03. The molecule has 380 valence electrons. The monoisotopic (exact) mass is 1030 g/mol. The van der Waals surface area contributed by atoms with Gasteiger partial charge in [-0.1, -0.05) is 66.9 Å². The number of rotatable bonds is 12. The summed E-state index contributed by atoms with van der Waals surface area (Å²) >= 11 is 8.05. The highest BCUT2D eigenvalue weighted by Crippen LogP contribution is 2.72. The first-order valence-electron chi connectivity index (χ1n) is 25.1. The Kier molecular flexibility index (Phi) is 12.2. The molecule has 0 spiro atoms. The first-order chi connectivity index (χ1) is 34.9. The molecule has 15 nitrogen and oxygen atoms in total. The zero-order valence-corrected chi connectivity index (χ0v) is 43.7. The molecule has 0 bridgehead atoms. The minimum absolute atomic E-state index is 0.0216. The number of ketones is 1. The molecule has 3 unspecified atom stereocenters. The van der Waals surface area contributed by atoms with Crippen LogP contribution in [0.25, 0.3) is 11.3 Å². The molecular formula is C56H59ClN6O9S. The topological polar surface area (TPSA) is 193 Å². The van der Waals surface area contributed by atoms with Crippen molar-refractivity contribution >= 4 is 58.6 Å². The summed E-state index contributed by atoms with van der Waals surface area (Å²) in [5.41, 5.74) is 4.42. The van der Waals surface area contributed by atoms with E-state index in [1.807, 2.05) is 63.2 Å². The number of allylic oxidation sites excluding steroid dienone is 4. The number of thioether (sulfide) groups is 1. The van der Waals surface area contributed by atoms with Gasteiger partial charge in [-0.3, -0.25) is 33.5 Å². The summed E-state index contributed by atoms with van der Waals surface area (Å²) in [4.78, 5) is 74.4. The van der Waals surface area contributed by atoms with Gasteiger partial charge < -0.3 is 29.3 Å². The van der Waals surface area contributed by atoms with Crippen molar-refractivity contribution in [3.05, 3.63) is 128 Å². The molecule has 2 aromatic heterocycles. The van der Waals surface area contributed by atoms with Gasteiger partial charge in [0.25, 0.3) is 5.91 Å². The number of aryl methyl sites for hydroxylation is 1. The van der Waals surface area contributed by atoms with Gasteiger partial charge in [0.15, 0.2) is 11.6 Å². The van der Waals surface area contributed by atoms with Gasteiger partial charge in [0.2, 0.25) is 5.91 Å². The van der Waals surface area contributed by atoms with Crippen LogP contribution in [0.1, 0.15) is 118 Å². The third-order valence-electron chi connectivity index (χ3n) is 17.6. The number of fused-ring (bicyclic) bond motifs is 7. The maximum absolute atomic E-state index is 14.2. The normalized spacial score (nSPS) is 32.6. The van der Waals surface area contributed by atoms with E-state index in [2.05, 4.69) is 53.1 Å². The predicted octanol–water partition coefficient (Wildman–Crippen LogP) is 8.99. The summed E-state index contributed by atoms with van der Waals surface area (Å²) in [5.74, 6) is -0.454. The maximum atomic E-state index is 14.2. The Labute approximate surface area is 433 Å². The number of furan rings is 1. The fraction of sp³-hybridized carbons (Fsp3) is 0.464. The Balaban J connectivity index is 0.746. The lowest BCUT2D eigenvalue weighted by Crippen LogP contribution is -2.66. The molecule has 0 radical (unpaired) electrons. The van der Waals surface area contributed by atoms with Crippen LogP contribution in [-0.4, -0.2) is 88.5 Å². The van der Waals surface area contributed by atoms with Crippen LogP contribution in [0.3, 0.4) is 0 Å². The number of aliphatic imine (C=N–C) groups is 1. The van der Waals surface area contributed by atoms with Gasteiger partial charge in [-0.05, 0) is 106 Å². The smallest absolute Gasteiger partial charge is 0.316 e. The highest BCUT2D eigenvalue weighted by Gasteiger charge is 2.78. The van der Waals surface area contributed by atoms with Crippen molar-refractivity contribution in [3.63, 3.8) is 0 Å². The number of methoxy groups -OCH3 is 1. The van der Waals surface area contributed by atoms with E-state index in [0.29, 0.717) is 48.1 Å². The first-order valence-corrected chi connectivity index (χ1v) is 26.4. The number of halogens is 1. The van der Waals surface area contributed by atoms with Crippen molar-refractivity contribution in [1.29, 1.82) is 0 Å². The Morgan fingerprint density at radius 2 is 1.63 bits per heavy atom. The van der Waals surface area contributed by atoms with Crippen molar-refractivity contribution in [2.24, 2.45) is 39.0 Å². The van der Waals surface area contributed by atoms with Crippen molar-refractivity contribution < 1.29 is 42.6 Å². The van der Waals surface area contributed by atoms with Gasteiger partial charge in [-0.25, -0.2) is 0 Å². The Bertz CT molecular complexity index is 3120. The molecule has 7 aliphatic rings. The molecule has 1 saturated carbocycles. The minimum atomic E-state index is -1.11. The fourth-order valence-electron chi connectivity index (χ4n) is 13.9. The molecule has 2 aromatic carbocycles. The van der Waals surface area contributed by atoms with E-state index >= 15 is 0 Å². The van der Waals surface area contributed by atoms with Crippen LogP contribution in [-0.2, 0) is 33.4 Å². The quantitative estimate of drug-likeness (QED) is 0.0779. The number of nitrogens with zero attached hydrogens (tertiary/aromatic N) is 4. The number of benzene rings is 2. The molecule has 73 heavy (non-hydrogen) atoms. The van der Waals surface area contributed by atoms with Crippen LogP contribution in [0, 0.1) is 40.9 Å². The molecule has 6 heterocycles. The lowest BCUT2D eigenvalue weighted by atomic mass is 9.42. The summed E-state index contributed by atoms with van der Waals surface area (Å²) in [6.07, 6.45) is 4.43. The zero-order valence-electron chi connectivity index (χ0n) is 42.1. The van der Waals surface area contributed by atoms with Crippen LogP contribution in [0.5, 0.6) is 0 Å². The Morgan fingerprint density at radius 3 is 2.37 bits per heavy atom. The second-order valence-corrected chi connectivity index (χ2v) is 23.1. The summed E-state index contributed by atoms with van der Waals surface area (Å²) < 4.78 is 26.7. The second-order valence-electron chi connectivity index (χ2n) is 21.3. The van der Waals surface area contributed by atoms with Crippen LogP contribution in [0.2, 0.25) is 5.02 Å². The predicted molar refractivity (Wildman–Crippen MR) is 273 cm³/mol. The number of carbonyl (C=O) groups is 5. The second kappa shape index (κ2) is 18.1. The Hall–Kier alpha value is -6.10. The minimum Gasteiger partial charge on any atom is -0.469 e. The molecule has 4 aromatic rings. The Morgan fingerprint density at radius 1 is 0.904 bits per heavy atom. The lowest BCUT2D eigenvalue weighted by Gasteiger charge is -2.59. The van der Waals surface area contributed by atoms with Gasteiger partial charge in [-0.15, -0.1) is 22.0 Å². The van der Waals surface area contributed by atoms with Gasteiger partial charge in [0.05, 0.1) is 54.7 Å². The molecule has 2 N–H and O–H groups in total. The highest BCUT2D eigenvalue weighted by atomic mass is 35.5. The SMILES string of the molecule is COC(=O)C[C@H]1[C@]2(C)C3=C(C)[C@H](c4ccoc4-c4ccc(C(=O)NCCCNC(=O)C[C@@H]5N=C(c6ccc(Cl)cc6)C6C(C)=C(C)SC6n6c(C)nnc65)cc4)C[C@H]3O[C@@H]2C2OC(=O)[C@]3(C)C=CC(=O)[C@@]1(C)[C@@H]23. The van der Waals surface area contributed by atoms with Crippen LogP contribution in [0.15, 0.2) is 104 Å². The number of esters is 2. The van der Waals surface area contributed by atoms with Crippen LogP contribution >= 0.6 is 23.4 Å². The van der Waals surface area contributed by atoms with E-state index in [-0.39, 0.29) is 59.7 Å². The number of hydrogen-bond acceptors (Lipinski definition) is 13. The van der Waals surface area contributed by atoms with E-state index in [4.69, 9.17) is 35.2 Å². The molecule has 2 saturated heterocycles. The average Bonchev–Trinajstić information content (AvgIpc) is 4.22. The largest absolute Gasteiger partial charge is 0.469 e. The molecular weight excluding hydrogens is 968 g/mol. The van der Waals surface area contributed by atoms with Crippen LogP contribution in [0.4, 0.5) is 0 Å². The molecule has 2 amide bonds. The molecule has 11 rings (SSSR count). The summed E-state index contributed by atoms with van der Waals surface area (Å²) in [5, 5.41) is 15.6. The lowest BCUT2D eigenvalue weighted by molar-refractivity contribution is -0.190. The van der Waals surface area contributed by atoms with E-state index in [0.717, 1.165) is 39.4 Å². The standard InChI is InChI=1S/C56H59ClN6O9S/c1-27-29(3)73-52-43(27)45(31-14-16-34(57)17-15-31)60-37(50-62-61-30(4)63(50)52)25-41(65)58-21-9-22-59-51(67)33-12-10-32(11-13-33)46-35(19-23-70-46)36-24-38-44(28(36)2)56(7)39(26-42(66)69-8)55(6)40(64)18-20-54(5)48(55)47(49(56)71-38)72-53(54)68/h10-20,23,36-39,43,47-49,52H,9,21-22,24-26H2,1-8H3,(H,58,65)(H,59,67)/t36-,37+,38-,39-,43?,47?,48+,49-,52?,54-,55+,56-/m1/s1. The molecule has 3 fully saturated rings. The van der Waals surface area contributed by atoms with E-state index < -0.39 is 52.3 Å². The maximum Gasteiger partial charge on any atom is 0.316 e. The number of aromatic nitrogens is 3. The molecule has 12 atom stereocenters. The fourth-order valence-corrected chi connectivity index (χ4v) is 15.6. The number of hydrogen-bond donors (Lipinski definition) is 2. The van der Waals surface area contributed by atoms with Crippen molar-refractivity contribution in [1.82, 2.24) is 25.4 Å². The number of ether oxygens (including phenoxy) is 3. The first kappa shape index (κ1) is 49.1. The zero-order chi connectivity index (χ0) is 51.5. The van der Waals surface area contributed by atoms with Crippen molar-refractivity contribution in [2.45, 2.75) is 110 Å². The number of carbonyl (C=O) groups excluding carboxylic acids is 5. The van der Waals surface area contributed by atoms with Crippen molar-refractivity contribution in [2.75, 3.05) is 20.2 Å². The van der Waals surface area contributed by atoms with Gasteiger partial charge >= 0.3 is 11.9 Å². The van der Waals surface area contributed by atoms with E-state index in [1.54, 1.807) is 36.2 Å². The summed E-state index contributed by atoms with van der Waals surface area (Å²) in [6.45, 7) is 14.8. The third kappa shape index (κ3) is 7.54. The molecule has 4 aliphatic heterocycles. The van der Waals surface area contributed by atoms with Gasteiger partial charge in [0, 0.05) is 57.5 Å². The summed E-state index contributed by atoms with van der Waals surface area (Å²) in [7, 11) is 1.35. The van der Waals surface area contributed by atoms with Crippen LogP contribution < -0.4 is 10.6 Å². The summed E-state index contributed by atoms with van der Waals surface area (Å²) in [6, 6.07) is 16.4. The molecule has 17 heteroatoms. The van der Waals surface area contributed by atoms with Crippen molar-refractivity contribution in [3.8, 4) is 11.3 Å². The van der Waals surface area contributed by atoms with Gasteiger partial charge in [0.1, 0.15) is 29.8 Å². The number of amides is 2. The third-order valence-corrected chi connectivity index (χ3v) is 19.2. The van der Waals surface area contributed by atoms with E-state index in [1.165, 1.54) is 23.7 Å². The average molecular weight is 1030 g/mol.